The van der Waals surface area contributed by atoms with Crippen LogP contribution in [0.3, 0.4) is 0 Å². The molecule has 1 aliphatic heterocycles. The van der Waals surface area contributed by atoms with Crippen LogP contribution in [0.5, 0.6) is 0 Å². The molecule has 0 amide bonds. The van der Waals surface area contributed by atoms with Gasteiger partial charge in [-0.3, -0.25) is 4.79 Å². The molecule has 94 valence electrons. The molecular formula is C10H15ClN4O2. The first kappa shape index (κ1) is 12.3. The number of hydrogen-bond acceptors (Lipinski definition) is 5. The van der Waals surface area contributed by atoms with Crippen molar-refractivity contribution in [1.29, 1.82) is 0 Å². The van der Waals surface area contributed by atoms with E-state index < -0.39 is 0 Å². The molecule has 1 aromatic rings. The molecule has 2 atom stereocenters. The molecule has 1 aliphatic rings. The smallest absolute Gasteiger partial charge is 0.271 e. The molecule has 0 radical (unpaired) electrons. The third-order valence-electron chi connectivity index (χ3n) is 2.82. The lowest BCUT2D eigenvalue weighted by atomic mass is 10.2. The fourth-order valence-electron chi connectivity index (χ4n) is 1.83. The minimum absolute atomic E-state index is 0.0524. The largest absolute Gasteiger partial charge is 0.373 e. The highest BCUT2D eigenvalue weighted by molar-refractivity contribution is 6.32. The molecule has 2 heterocycles. The molecule has 1 saturated heterocycles. The van der Waals surface area contributed by atoms with Gasteiger partial charge in [0.2, 0.25) is 0 Å². The summed E-state index contributed by atoms with van der Waals surface area (Å²) < 4.78 is 5.54. The van der Waals surface area contributed by atoms with Gasteiger partial charge in [0.05, 0.1) is 25.1 Å². The first-order valence-electron chi connectivity index (χ1n) is 5.45. The van der Waals surface area contributed by atoms with Crippen LogP contribution >= 0.6 is 11.6 Å². The average molecular weight is 259 g/mol. The molecule has 2 unspecified atom stereocenters. The van der Waals surface area contributed by atoms with E-state index in [2.05, 4.69) is 9.97 Å². The number of nitrogens with one attached hydrogen (secondary N) is 1. The zero-order chi connectivity index (χ0) is 12.4. The number of ether oxygens (including phenoxy) is 1. The van der Waals surface area contributed by atoms with Crippen molar-refractivity contribution in [3.63, 3.8) is 0 Å². The van der Waals surface area contributed by atoms with Crippen LogP contribution in [-0.2, 0) is 4.74 Å². The molecule has 1 fully saturated rings. The molecule has 0 aromatic carbocycles. The van der Waals surface area contributed by atoms with E-state index in [1.165, 1.54) is 6.33 Å². The van der Waals surface area contributed by atoms with Crippen LogP contribution in [0, 0.1) is 0 Å². The summed E-state index contributed by atoms with van der Waals surface area (Å²) in [5, 5.41) is 0.108. The highest BCUT2D eigenvalue weighted by Gasteiger charge is 2.28. The van der Waals surface area contributed by atoms with Crippen molar-refractivity contribution >= 4 is 17.4 Å². The van der Waals surface area contributed by atoms with E-state index >= 15 is 0 Å². The van der Waals surface area contributed by atoms with Gasteiger partial charge in [-0.15, -0.1) is 0 Å². The minimum atomic E-state index is -0.334. The Kier molecular flexibility index (Phi) is 3.66. The summed E-state index contributed by atoms with van der Waals surface area (Å²) in [6, 6.07) is 0.115. The quantitative estimate of drug-likeness (QED) is 0.779. The minimum Gasteiger partial charge on any atom is -0.373 e. The van der Waals surface area contributed by atoms with Crippen LogP contribution < -0.4 is 16.2 Å². The van der Waals surface area contributed by atoms with Crippen LogP contribution in [0.2, 0.25) is 5.02 Å². The molecule has 0 bridgehead atoms. The normalized spacial score (nSPS) is 25.0. The van der Waals surface area contributed by atoms with Crippen LogP contribution in [0.4, 0.5) is 5.82 Å². The second kappa shape index (κ2) is 5.03. The molecule has 7 heteroatoms. The third kappa shape index (κ3) is 2.43. The molecular weight excluding hydrogens is 244 g/mol. The molecule has 0 saturated carbocycles. The number of nitrogens with zero attached hydrogens (tertiary/aromatic N) is 2. The number of morpholine rings is 1. The van der Waals surface area contributed by atoms with Crippen molar-refractivity contribution in [2.75, 3.05) is 24.6 Å². The van der Waals surface area contributed by atoms with Gasteiger partial charge in [0, 0.05) is 13.1 Å². The number of halogens is 1. The Morgan fingerprint density at radius 1 is 1.76 bits per heavy atom. The predicted molar refractivity (Wildman–Crippen MR) is 65.5 cm³/mol. The molecule has 2 rings (SSSR count). The Hall–Kier alpha value is -1.11. The van der Waals surface area contributed by atoms with Crippen molar-refractivity contribution in [3.8, 4) is 0 Å². The predicted octanol–water partition coefficient (Wildman–Crippen LogP) is -0.0243. The van der Waals surface area contributed by atoms with Crippen LogP contribution in [0.1, 0.15) is 6.92 Å². The fraction of sp³-hybridized carbons (Fsp3) is 0.600. The summed E-state index contributed by atoms with van der Waals surface area (Å²) in [5.74, 6) is 0.490. The van der Waals surface area contributed by atoms with Crippen molar-refractivity contribution in [1.82, 2.24) is 9.97 Å². The summed E-state index contributed by atoms with van der Waals surface area (Å²) in [6.07, 6.45) is 1.30. The maximum absolute atomic E-state index is 11.4. The molecule has 0 aliphatic carbocycles. The fourth-order valence-corrected chi connectivity index (χ4v) is 2.04. The van der Waals surface area contributed by atoms with E-state index in [-0.39, 0.29) is 22.7 Å². The first-order chi connectivity index (χ1) is 8.13. The first-order valence-corrected chi connectivity index (χ1v) is 5.82. The standard InChI is InChI=1S/C10H15ClN4O2/c1-6-4-17-7(2-12)3-15(6)9-8(11)10(16)14-5-13-9/h5-7H,2-4,12H2,1H3,(H,13,14,16). The number of aromatic amines is 1. The highest BCUT2D eigenvalue weighted by atomic mass is 35.5. The van der Waals surface area contributed by atoms with Crippen LogP contribution in [-0.4, -0.2) is 41.8 Å². The van der Waals surface area contributed by atoms with Crippen molar-refractivity contribution < 1.29 is 4.74 Å². The number of aromatic nitrogens is 2. The summed E-state index contributed by atoms with van der Waals surface area (Å²) in [4.78, 5) is 19.9. The van der Waals surface area contributed by atoms with E-state index in [1.54, 1.807) is 0 Å². The molecule has 6 nitrogen and oxygen atoms in total. The van der Waals surface area contributed by atoms with E-state index in [4.69, 9.17) is 22.1 Å². The van der Waals surface area contributed by atoms with Gasteiger partial charge in [0.15, 0.2) is 5.82 Å². The topological polar surface area (TPSA) is 84.2 Å². The van der Waals surface area contributed by atoms with Gasteiger partial charge in [0.1, 0.15) is 5.02 Å². The Morgan fingerprint density at radius 3 is 3.24 bits per heavy atom. The molecule has 3 N–H and O–H groups in total. The van der Waals surface area contributed by atoms with Gasteiger partial charge < -0.3 is 20.4 Å². The highest BCUT2D eigenvalue weighted by Crippen LogP contribution is 2.23. The van der Waals surface area contributed by atoms with Crippen LogP contribution in [0.25, 0.3) is 0 Å². The second-order valence-electron chi connectivity index (χ2n) is 4.06. The van der Waals surface area contributed by atoms with Crippen molar-refractivity contribution in [2.45, 2.75) is 19.1 Å². The van der Waals surface area contributed by atoms with Gasteiger partial charge in [-0.05, 0) is 6.92 Å². The zero-order valence-electron chi connectivity index (χ0n) is 9.52. The Morgan fingerprint density at radius 2 is 2.53 bits per heavy atom. The maximum Gasteiger partial charge on any atom is 0.271 e. The summed E-state index contributed by atoms with van der Waals surface area (Å²) in [5.41, 5.74) is 5.25. The van der Waals surface area contributed by atoms with E-state index in [1.807, 2.05) is 11.8 Å². The number of rotatable bonds is 2. The summed E-state index contributed by atoms with van der Waals surface area (Å²) >= 11 is 5.96. The van der Waals surface area contributed by atoms with Crippen molar-refractivity contribution in [2.24, 2.45) is 5.73 Å². The van der Waals surface area contributed by atoms with E-state index in [0.29, 0.717) is 25.5 Å². The lowest BCUT2D eigenvalue weighted by Gasteiger charge is -2.38. The molecule has 0 spiro atoms. The zero-order valence-corrected chi connectivity index (χ0v) is 10.3. The van der Waals surface area contributed by atoms with Gasteiger partial charge in [0.25, 0.3) is 5.56 Å². The van der Waals surface area contributed by atoms with E-state index in [9.17, 15) is 4.79 Å². The average Bonchev–Trinajstić information content (AvgIpc) is 2.34. The Balaban J connectivity index is 2.31. The van der Waals surface area contributed by atoms with E-state index in [0.717, 1.165) is 0 Å². The lowest BCUT2D eigenvalue weighted by Crippen LogP contribution is -2.51. The van der Waals surface area contributed by atoms with Gasteiger partial charge in [-0.25, -0.2) is 4.98 Å². The second-order valence-corrected chi connectivity index (χ2v) is 4.44. The number of hydrogen-bond donors (Lipinski definition) is 2. The summed E-state index contributed by atoms with van der Waals surface area (Å²) in [7, 11) is 0. The van der Waals surface area contributed by atoms with Crippen molar-refractivity contribution in [3.05, 3.63) is 21.7 Å². The number of anilines is 1. The summed E-state index contributed by atoms with van der Waals surface area (Å²) in [6.45, 7) is 3.57. The van der Waals surface area contributed by atoms with Gasteiger partial charge in [-0.1, -0.05) is 11.6 Å². The van der Waals surface area contributed by atoms with Crippen LogP contribution in [0.15, 0.2) is 11.1 Å². The number of nitrogens with two attached hydrogens (primary N) is 1. The Labute approximate surface area is 104 Å². The molecule has 17 heavy (non-hydrogen) atoms. The van der Waals surface area contributed by atoms with Gasteiger partial charge >= 0.3 is 0 Å². The molecule has 1 aromatic heterocycles. The number of H-pyrrole nitrogens is 1. The lowest BCUT2D eigenvalue weighted by molar-refractivity contribution is 0.0280. The third-order valence-corrected chi connectivity index (χ3v) is 3.16. The Bertz CT molecular complexity index is 450. The van der Waals surface area contributed by atoms with Gasteiger partial charge in [-0.2, -0.15) is 0 Å². The monoisotopic (exact) mass is 258 g/mol. The SMILES string of the molecule is CC1COC(CN)CN1c1nc[nH]c(=O)c1Cl. The maximum atomic E-state index is 11.4.